The molecular weight excluding hydrogens is 553 g/mol. The van der Waals surface area contributed by atoms with E-state index in [0.717, 1.165) is 0 Å². The van der Waals surface area contributed by atoms with Crippen LogP contribution >= 0.6 is 11.6 Å². The Balaban J connectivity index is 1.24. The molecule has 0 spiro atoms. The Hall–Kier alpha value is -2.52. The van der Waals surface area contributed by atoms with Gasteiger partial charge in [0.1, 0.15) is 11.0 Å². The SMILES string of the molecule is O=C[B]NC1CC(=O)N(c2ccc(S(=O)(=O)N3CCN(c4cc(S(=O)(=O)C5CC5)cc(Cl)n4)CC3)cc2)C1. The number of amides is 1. The lowest BCUT2D eigenvalue weighted by Gasteiger charge is -2.35. The van der Waals surface area contributed by atoms with Crippen molar-refractivity contribution in [2.24, 2.45) is 0 Å². The molecule has 3 heterocycles. The Kier molecular flexibility index (Phi) is 7.53. The zero-order valence-electron chi connectivity index (χ0n) is 20.4. The molecule has 1 aromatic carbocycles. The number of sulfone groups is 1. The molecular formula is C23H26BClN5O6S2. The number of aromatic nitrogens is 1. The predicted molar refractivity (Wildman–Crippen MR) is 143 cm³/mol. The molecule has 2 aliphatic heterocycles. The number of pyridine rings is 1. The van der Waals surface area contributed by atoms with Gasteiger partial charge in [-0.05, 0) is 49.2 Å². The van der Waals surface area contributed by atoms with Gasteiger partial charge in [-0.25, -0.2) is 21.8 Å². The highest BCUT2D eigenvalue weighted by Crippen LogP contribution is 2.35. The minimum absolute atomic E-state index is 0.0809. The van der Waals surface area contributed by atoms with Gasteiger partial charge in [-0.15, -0.1) is 0 Å². The molecule has 1 N–H and O–H groups in total. The van der Waals surface area contributed by atoms with Crippen LogP contribution in [0.4, 0.5) is 11.5 Å². The second-order valence-electron chi connectivity index (χ2n) is 9.49. The number of carbonyl (C=O) groups is 2. The molecule has 1 amide bonds. The highest BCUT2D eigenvalue weighted by atomic mass is 35.5. The van der Waals surface area contributed by atoms with Gasteiger partial charge in [0.15, 0.2) is 9.84 Å². The van der Waals surface area contributed by atoms with Crippen molar-refractivity contribution in [1.29, 1.82) is 0 Å². The Morgan fingerprint density at radius 3 is 2.32 bits per heavy atom. The summed E-state index contributed by atoms with van der Waals surface area (Å²) in [6, 6.07) is 8.85. The quantitative estimate of drug-likeness (QED) is 0.259. The third kappa shape index (κ3) is 5.45. The molecule has 1 radical (unpaired) electrons. The number of nitrogens with one attached hydrogen (secondary N) is 1. The van der Waals surface area contributed by atoms with Gasteiger partial charge in [-0.2, -0.15) is 4.31 Å². The van der Waals surface area contributed by atoms with Gasteiger partial charge in [0, 0.05) is 50.9 Å². The number of halogens is 1. The van der Waals surface area contributed by atoms with Crippen molar-refractivity contribution in [1.82, 2.24) is 14.5 Å². The van der Waals surface area contributed by atoms with Gasteiger partial charge in [0.05, 0.1) is 21.2 Å². The van der Waals surface area contributed by atoms with Crippen LogP contribution in [0.3, 0.4) is 0 Å². The summed E-state index contributed by atoms with van der Waals surface area (Å²) < 4.78 is 53.3. The maximum Gasteiger partial charge on any atom is 0.290 e. The fourth-order valence-electron chi connectivity index (χ4n) is 4.71. The topological polar surface area (TPSA) is 137 Å². The summed E-state index contributed by atoms with van der Waals surface area (Å²) in [7, 11) is -5.96. The van der Waals surface area contributed by atoms with Gasteiger partial charge in [-0.3, -0.25) is 4.79 Å². The van der Waals surface area contributed by atoms with E-state index in [1.807, 2.05) is 4.90 Å². The monoisotopic (exact) mass is 578 g/mol. The van der Waals surface area contributed by atoms with E-state index in [1.165, 1.54) is 36.0 Å². The Bertz CT molecular complexity index is 1450. The maximum atomic E-state index is 13.3. The van der Waals surface area contributed by atoms with Crippen LogP contribution in [0.2, 0.25) is 5.15 Å². The maximum absolute atomic E-state index is 13.3. The lowest BCUT2D eigenvalue weighted by atomic mass is 9.96. The molecule has 201 valence electrons. The first-order valence-electron chi connectivity index (χ1n) is 12.2. The molecule has 3 aliphatic rings. The zero-order chi connectivity index (χ0) is 27.1. The second kappa shape index (κ2) is 10.6. The highest BCUT2D eigenvalue weighted by molar-refractivity contribution is 7.92. The molecule has 1 aromatic heterocycles. The largest absolute Gasteiger partial charge is 0.354 e. The van der Waals surface area contributed by atoms with Crippen LogP contribution in [0.15, 0.2) is 46.2 Å². The first-order valence-corrected chi connectivity index (χ1v) is 15.6. The molecule has 2 aromatic rings. The van der Waals surface area contributed by atoms with E-state index < -0.39 is 19.9 Å². The molecule has 5 rings (SSSR count). The Morgan fingerprint density at radius 1 is 1.00 bits per heavy atom. The van der Waals surface area contributed by atoms with Crippen molar-refractivity contribution >= 4 is 62.5 Å². The summed E-state index contributed by atoms with van der Waals surface area (Å²) in [5.74, 6) is 0.295. The third-order valence-corrected chi connectivity index (χ3v) is 11.3. The number of benzene rings is 1. The van der Waals surface area contributed by atoms with Crippen LogP contribution < -0.4 is 15.0 Å². The molecule has 3 fully saturated rings. The van der Waals surface area contributed by atoms with Crippen molar-refractivity contribution in [3.63, 3.8) is 0 Å². The van der Waals surface area contributed by atoms with Gasteiger partial charge >= 0.3 is 0 Å². The van der Waals surface area contributed by atoms with E-state index in [1.54, 1.807) is 17.0 Å². The number of sulfonamides is 1. The van der Waals surface area contributed by atoms with E-state index in [0.29, 0.717) is 50.2 Å². The fraction of sp³-hybridized carbons (Fsp3) is 0.435. The van der Waals surface area contributed by atoms with E-state index in [2.05, 4.69) is 10.2 Å². The first-order chi connectivity index (χ1) is 18.1. The lowest BCUT2D eigenvalue weighted by Crippen LogP contribution is -2.49. The van der Waals surface area contributed by atoms with Crippen LogP contribution in [0.5, 0.6) is 0 Å². The van der Waals surface area contributed by atoms with Crippen molar-refractivity contribution < 1.29 is 26.4 Å². The van der Waals surface area contributed by atoms with Crippen molar-refractivity contribution in [3.05, 3.63) is 41.6 Å². The highest BCUT2D eigenvalue weighted by Gasteiger charge is 2.38. The van der Waals surface area contributed by atoms with Gasteiger partial charge in [0.25, 0.3) is 7.41 Å². The summed E-state index contributed by atoms with van der Waals surface area (Å²) >= 11 is 6.13. The zero-order valence-corrected chi connectivity index (χ0v) is 22.8. The molecule has 1 aliphatic carbocycles. The molecule has 1 saturated carbocycles. The van der Waals surface area contributed by atoms with Crippen LogP contribution in [0.1, 0.15) is 19.3 Å². The first kappa shape index (κ1) is 27.1. The van der Waals surface area contributed by atoms with E-state index >= 15 is 0 Å². The minimum Gasteiger partial charge on any atom is -0.354 e. The van der Waals surface area contributed by atoms with Crippen molar-refractivity contribution in [3.8, 4) is 0 Å². The third-order valence-electron chi connectivity index (χ3n) is 6.92. The van der Waals surface area contributed by atoms with E-state index in [4.69, 9.17) is 11.6 Å². The Morgan fingerprint density at radius 2 is 1.68 bits per heavy atom. The number of anilines is 2. The number of hydrogen-bond acceptors (Lipinski definition) is 9. The van der Waals surface area contributed by atoms with Gasteiger partial charge in [0.2, 0.25) is 15.9 Å². The van der Waals surface area contributed by atoms with Crippen LogP contribution in [-0.4, -0.2) is 89.6 Å². The van der Waals surface area contributed by atoms with Crippen molar-refractivity contribution in [2.45, 2.75) is 40.3 Å². The molecule has 1 atom stereocenters. The number of hydrogen-bond donors (Lipinski definition) is 1. The van der Waals surface area contributed by atoms with Crippen LogP contribution in [-0.2, 0) is 29.4 Å². The normalized spacial score (nSPS) is 21.1. The number of nitrogens with zero attached hydrogens (tertiary/aromatic N) is 4. The summed E-state index contributed by atoms with van der Waals surface area (Å²) in [5, 5.41) is 2.58. The number of rotatable bonds is 9. The smallest absolute Gasteiger partial charge is 0.290 e. The number of carbonyl (C=O) groups excluding carboxylic acids is 2. The van der Waals surface area contributed by atoms with E-state index in [9.17, 15) is 26.4 Å². The molecule has 38 heavy (non-hydrogen) atoms. The minimum atomic E-state index is -3.78. The lowest BCUT2D eigenvalue weighted by molar-refractivity contribution is -0.117. The summed E-state index contributed by atoms with van der Waals surface area (Å²) in [4.78, 5) is 30.8. The summed E-state index contributed by atoms with van der Waals surface area (Å²) in [5.41, 5.74) is 0.582. The van der Waals surface area contributed by atoms with Crippen molar-refractivity contribution in [2.75, 3.05) is 42.5 Å². The molecule has 0 bridgehead atoms. The predicted octanol–water partition coefficient (Wildman–Crippen LogP) is 0.686. The average Bonchev–Trinajstić information content (AvgIpc) is 3.71. The second-order valence-corrected chi connectivity index (χ2v) is 14.0. The average molecular weight is 579 g/mol. The van der Waals surface area contributed by atoms with E-state index in [-0.39, 0.29) is 51.7 Å². The molecule has 11 nitrogen and oxygen atoms in total. The van der Waals surface area contributed by atoms with Gasteiger partial charge < -0.3 is 19.8 Å². The molecule has 15 heteroatoms. The molecule has 2 saturated heterocycles. The number of piperazine rings is 1. The van der Waals surface area contributed by atoms with Crippen LogP contribution in [0, 0.1) is 0 Å². The van der Waals surface area contributed by atoms with Crippen LogP contribution in [0.25, 0.3) is 0 Å². The molecule has 1 unspecified atom stereocenters. The standard InChI is InChI=1S/C23H26BClN5O6S2/c25-21-12-20(37(33,34)18-5-6-18)13-22(26-21)28-7-9-29(10-8-28)38(35,36)19-3-1-17(2-4-19)30-14-16(11-23(30)32)27-24-15-31/h1-4,12-13,15-16,18,27H,5-11,14H2. The Labute approximate surface area is 227 Å². The summed E-state index contributed by atoms with van der Waals surface area (Å²) in [6.45, 7) is 1.39. The summed E-state index contributed by atoms with van der Waals surface area (Å²) in [6.07, 6.45) is 2.14. The van der Waals surface area contributed by atoms with Gasteiger partial charge in [-0.1, -0.05) is 11.6 Å². The fourth-order valence-corrected chi connectivity index (χ4v) is 8.08.